The molecule has 0 bridgehead atoms. The van der Waals surface area contributed by atoms with Crippen molar-refractivity contribution in [3.05, 3.63) is 46.5 Å². The summed E-state index contributed by atoms with van der Waals surface area (Å²) in [5, 5.41) is 1.18. The molecule has 1 aromatic heterocycles. The van der Waals surface area contributed by atoms with E-state index in [4.69, 9.17) is 28.9 Å². The summed E-state index contributed by atoms with van der Waals surface area (Å²) in [6.45, 7) is 0.372. The van der Waals surface area contributed by atoms with Gasteiger partial charge in [-0.1, -0.05) is 23.2 Å². The van der Waals surface area contributed by atoms with Crippen LogP contribution in [0.15, 0.2) is 30.6 Å². The summed E-state index contributed by atoms with van der Waals surface area (Å²) in [6.07, 6.45) is 3.52. The highest BCUT2D eigenvalue weighted by Gasteiger charge is 2.04. The number of hydrogen-bond donors (Lipinski definition) is 1. The van der Waals surface area contributed by atoms with Gasteiger partial charge in [0.05, 0.1) is 6.54 Å². The maximum Gasteiger partial charge on any atom is 0.126 e. The molecule has 0 spiro atoms. The molecule has 78 valence electrons. The Morgan fingerprint density at radius 3 is 2.47 bits per heavy atom. The molecule has 0 unspecified atom stereocenters. The number of hydrogen-bond acceptors (Lipinski definition) is 2. The number of nitrogens with two attached hydrogens (primary N) is 1. The first kappa shape index (κ1) is 10.5. The first-order valence-electron chi connectivity index (χ1n) is 4.39. The summed E-state index contributed by atoms with van der Waals surface area (Å²) in [4.78, 5) is 4.12. The average Bonchev–Trinajstić information content (AvgIpc) is 2.63. The second-order valence-corrected chi connectivity index (χ2v) is 3.92. The van der Waals surface area contributed by atoms with Gasteiger partial charge in [-0.15, -0.1) is 0 Å². The molecule has 2 rings (SSSR count). The minimum Gasteiger partial charge on any atom is -0.324 e. The number of halogens is 2. The van der Waals surface area contributed by atoms with Crippen LogP contribution in [0.25, 0.3) is 5.69 Å². The highest BCUT2D eigenvalue weighted by molar-refractivity contribution is 6.34. The molecule has 1 heterocycles. The van der Waals surface area contributed by atoms with Gasteiger partial charge in [0.15, 0.2) is 0 Å². The fraction of sp³-hybridized carbons (Fsp3) is 0.100. The summed E-state index contributed by atoms with van der Waals surface area (Å²) in [5.74, 6) is 0.772. The van der Waals surface area contributed by atoms with Crippen molar-refractivity contribution in [1.82, 2.24) is 9.55 Å². The van der Waals surface area contributed by atoms with Gasteiger partial charge in [-0.2, -0.15) is 0 Å². The fourth-order valence-electron chi connectivity index (χ4n) is 1.40. The molecule has 0 aliphatic carbocycles. The van der Waals surface area contributed by atoms with Gasteiger partial charge in [0.25, 0.3) is 0 Å². The van der Waals surface area contributed by atoms with Crippen LogP contribution in [-0.2, 0) is 6.54 Å². The molecule has 2 N–H and O–H groups in total. The van der Waals surface area contributed by atoms with Crippen molar-refractivity contribution < 1.29 is 0 Å². The molecule has 0 atom stereocenters. The molecule has 0 radical (unpaired) electrons. The molecular formula is C10H9Cl2N3. The van der Waals surface area contributed by atoms with E-state index in [1.54, 1.807) is 12.3 Å². The van der Waals surface area contributed by atoms with Gasteiger partial charge < -0.3 is 10.3 Å². The van der Waals surface area contributed by atoms with E-state index in [0.29, 0.717) is 16.6 Å². The van der Waals surface area contributed by atoms with Crippen molar-refractivity contribution in [1.29, 1.82) is 0 Å². The Labute approximate surface area is 97.4 Å². The molecule has 2 aromatic rings. The molecule has 0 saturated heterocycles. The van der Waals surface area contributed by atoms with E-state index in [1.807, 2.05) is 22.9 Å². The van der Waals surface area contributed by atoms with Crippen LogP contribution in [0.1, 0.15) is 5.82 Å². The Bertz CT molecular complexity index is 459. The number of rotatable bonds is 2. The van der Waals surface area contributed by atoms with E-state index in [0.717, 1.165) is 11.5 Å². The second-order valence-electron chi connectivity index (χ2n) is 3.05. The maximum atomic E-state index is 5.91. The van der Waals surface area contributed by atoms with Crippen LogP contribution in [0.3, 0.4) is 0 Å². The monoisotopic (exact) mass is 241 g/mol. The lowest BCUT2D eigenvalue weighted by Crippen LogP contribution is -2.06. The van der Waals surface area contributed by atoms with E-state index < -0.39 is 0 Å². The summed E-state index contributed by atoms with van der Waals surface area (Å²) in [5.41, 5.74) is 6.43. The molecule has 15 heavy (non-hydrogen) atoms. The second kappa shape index (κ2) is 4.23. The van der Waals surface area contributed by atoms with Gasteiger partial charge >= 0.3 is 0 Å². The zero-order chi connectivity index (χ0) is 10.8. The maximum absolute atomic E-state index is 5.91. The highest BCUT2D eigenvalue weighted by atomic mass is 35.5. The molecular weight excluding hydrogens is 233 g/mol. The van der Waals surface area contributed by atoms with Gasteiger partial charge in [0.1, 0.15) is 5.82 Å². The molecule has 0 aliphatic heterocycles. The normalized spacial score (nSPS) is 10.6. The van der Waals surface area contributed by atoms with Crippen molar-refractivity contribution in [3.8, 4) is 5.69 Å². The Balaban J connectivity index is 2.53. The minimum absolute atomic E-state index is 0.372. The predicted octanol–water partition coefficient (Wildman–Crippen LogP) is 2.64. The zero-order valence-electron chi connectivity index (χ0n) is 7.82. The van der Waals surface area contributed by atoms with Crippen LogP contribution in [0.5, 0.6) is 0 Å². The molecule has 0 aliphatic rings. The van der Waals surface area contributed by atoms with Crippen molar-refractivity contribution in [2.45, 2.75) is 6.54 Å². The van der Waals surface area contributed by atoms with Crippen molar-refractivity contribution in [3.63, 3.8) is 0 Å². The van der Waals surface area contributed by atoms with E-state index in [2.05, 4.69) is 4.98 Å². The topological polar surface area (TPSA) is 43.8 Å². The van der Waals surface area contributed by atoms with Gasteiger partial charge in [-0.05, 0) is 18.2 Å². The molecule has 3 nitrogen and oxygen atoms in total. The molecule has 0 amide bonds. The van der Waals surface area contributed by atoms with E-state index in [-0.39, 0.29) is 0 Å². The number of benzene rings is 1. The van der Waals surface area contributed by atoms with Crippen molar-refractivity contribution in [2.75, 3.05) is 0 Å². The molecule has 1 aromatic carbocycles. The Hall–Kier alpha value is -1.03. The first-order chi connectivity index (χ1) is 7.20. The van der Waals surface area contributed by atoms with Crippen LogP contribution >= 0.6 is 23.2 Å². The Kier molecular flexibility index (Phi) is 2.95. The van der Waals surface area contributed by atoms with Crippen LogP contribution in [0, 0.1) is 0 Å². The van der Waals surface area contributed by atoms with Gasteiger partial charge in [-0.3, -0.25) is 0 Å². The Morgan fingerprint density at radius 1 is 1.20 bits per heavy atom. The molecule has 5 heteroatoms. The Morgan fingerprint density at radius 2 is 1.87 bits per heavy atom. The smallest absolute Gasteiger partial charge is 0.126 e. The lowest BCUT2D eigenvalue weighted by molar-refractivity contribution is 0.868. The van der Waals surface area contributed by atoms with Gasteiger partial charge in [0, 0.05) is 28.1 Å². The minimum atomic E-state index is 0.372. The summed E-state index contributed by atoms with van der Waals surface area (Å²) >= 11 is 11.8. The van der Waals surface area contributed by atoms with Crippen LogP contribution < -0.4 is 5.73 Å². The first-order valence-corrected chi connectivity index (χ1v) is 5.15. The van der Waals surface area contributed by atoms with Crippen molar-refractivity contribution >= 4 is 23.2 Å². The number of imidazole rings is 1. The predicted molar refractivity (Wildman–Crippen MR) is 61.5 cm³/mol. The van der Waals surface area contributed by atoms with Crippen LogP contribution in [0.2, 0.25) is 10.0 Å². The summed E-state index contributed by atoms with van der Waals surface area (Å²) < 4.78 is 1.86. The fourth-order valence-corrected chi connectivity index (χ4v) is 1.91. The van der Waals surface area contributed by atoms with Crippen LogP contribution in [-0.4, -0.2) is 9.55 Å². The summed E-state index contributed by atoms with van der Waals surface area (Å²) in [6, 6.07) is 5.31. The third kappa shape index (κ3) is 2.15. The SMILES string of the molecule is NCc1nccn1-c1cc(Cl)cc(Cl)c1. The quantitative estimate of drug-likeness (QED) is 0.879. The average molecular weight is 242 g/mol. The third-order valence-electron chi connectivity index (χ3n) is 2.03. The highest BCUT2D eigenvalue weighted by Crippen LogP contribution is 2.22. The van der Waals surface area contributed by atoms with E-state index >= 15 is 0 Å². The molecule has 0 saturated carbocycles. The number of aromatic nitrogens is 2. The standard InChI is InChI=1S/C10H9Cl2N3/c11-7-3-8(12)5-9(4-7)15-2-1-14-10(15)6-13/h1-5H,6,13H2. The van der Waals surface area contributed by atoms with Crippen molar-refractivity contribution in [2.24, 2.45) is 5.73 Å². The lowest BCUT2D eigenvalue weighted by atomic mass is 10.3. The van der Waals surface area contributed by atoms with Gasteiger partial charge in [-0.25, -0.2) is 4.98 Å². The van der Waals surface area contributed by atoms with Gasteiger partial charge in [0.2, 0.25) is 0 Å². The summed E-state index contributed by atoms with van der Waals surface area (Å²) in [7, 11) is 0. The van der Waals surface area contributed by atoms with E-state index in [9.17, 15) is 0 Å². The number of nitrogens with zero attached hydrogens (tertiary/aromatic N) is 2. The van der Waals surface area contributed by atoms with Crippen LogP contribution in [0.4, 0.5) is 0 Å². The zero-order valence-corrected chi connectivity index (χ0v) is 9.33. The largest absolute Gasteiger partial charge is 0.324 e. The molecule has 0 fully saturated rings. The third-order valence-corrected chi connectivity index (χ3v) is 2.46. The van der Waals surface area contributed by atoms with E-state index in [1.165, 1.54) is 0 Å². The lowest BCUT2D eigenvalue weighted by Gasteiger charge is -2.07.